The van der Waals surface area contributed by atoms with E-state index in [2.05, 4.69) is 10.5 Å². The van der Waals surface area contributed by atoms with E-state index in [1.807, 2.05) is 13.8 Å². The van der Waals surface area contributed by atoms with Crippen molar-refractivity contribution in [2.45, 2.75) is 52.1 Å². The molecule has 1 amide bonds. The zero-order valence-corrected chi connectivity index (χ0v) is 12.6. The summed E-state index contributed by atoms with van der Waals surface area (Å²) in [4.78, 5) is 12.1. The molecule has 1 heterocycles. The minimum Gasteiger partial charge on any atom is -0.381 e. The Morgan fingerprint density at radius 1 is 1.35 bits per heavy atom. The summed E-state index contributed by atoms with van der Waals surface area (Å²) >= 11 is 0. The van der Waals surface area contributed by atoms with Crippen molar-refractivity contribution in [1.29, 1.82) is 0 Å². The molecule has 1 aromatic heterocycles. The molecule has 1 aliphatic rings. The number of nitrogens with one attached hydrogen (secondary N) is 1. The van der Waals surface area contributed by atoms with Gasteiger partial charge in [0.1, 0.15) is 5.76 Å². The summed E-state index contributed by atoms with van der Waals surface area (Å²) in [6.45, 7) is 4.48. The molecule has 0 saturated heterocycles. The molecule has 20 heavy (non-hydrogen) atoms. The van der Waals surface area contributed by atoms with Gasteiger partial charge < -0.3 is 14.6 Å². The lowest BCUT2D eigenvalue weighted by atomic mass is 9.87. The van der Waals surface area contributed by atoms with Crippen LogP contribution in [-0.2, 0) is 16.0 Å². The summed E-state index contributed by atoms with van der Waals surface area (Å²) in [5.41, 5.74) is 2.02. The molecule has 0 unspecified atom stereocenters. The average molecular weight is 280 g/mol. The van der Waals surface area contributed by atoms with E-state index in [4.69, 9.17) is 9.26 Å². The van der Waals surface area contributed by atoms with Crippen molar-refractivity contribution in [3.8, 4) is 0 Å². The van der Waals surface area contributed by atoms with E-state index in [1.165, 1.54) is 0 Å². The van der Waals surface area contributed by atoms with E-state index in [-0.39, 0.29) is 11.8 Å². The van der Waals surface area contributed by atoms with Crippen LogP contribution in [0.3, 0.4) is 0 Å². The number of rotatable bonds is 5. The first-order chi connectivity index (χ1) is 9.61. The molecule has 1 saturated carbocycles. The van der Waals surface area contributed by atoms with Crippen LogP contribution in [0.25, 0.3) is 0 Å². The molecule has 0 aromatic carbocycles. The standard InChI is InChI=1S/C15H24N2O3/c1-10-14(11(2)20-17-10)8-9-16-15(18)12-4-6-13(19-3)7-5-12/h12-13H,4-9H2,1-3H3,(H,16,18). The summed E-state index contributed by atoms with van der Waals surface area (Å²) in [5, 5.41) is 6.95. The smallest absolute Gasteiger partial charge is 0.223 e. The van der Waals surface area contributed by atoms with Crippen LogP contribution < -0.4 is 5.32 Å². The van der Waals surface area contributed by atoms with Crippen LogP contribution in [0.15, 0.2) is 4.52 Å². The fourth-order valence-electron chi connectivity index (χ4n) is 2.87. The van der Waals surface area contributed by atoms with Crippen LogP contribution >= 0.6 is 0 Å². The fourth-order valence-corrected chi connectivity index (χ4v) is 2.87. The second kappa shape index (κ2) is 6.88. The number of hydrogen-bond donors (Lipinski definition) is 1. The van der Waals surface area contributed by atoms with Crippen molar-refractivity contribution in [2.24, 2.45) is 5.92 Å². The number of nitrogens with zero attached hydrogens (tertiary/aromatic N) is 1. The first-order valence-electron chi connectivity index (χ1n) is 7.34. The highest BCUT2D eigenvalue weighted by Crippen LogP contribution is 2.25. The lowest BCUT2D eigenvalue weighted by Gasteiger charge is -2.26. The normalized spacial score (nSPS) is 22.8. The van der Waals surface area contributed by atoms with Gasteiger partial charge in [0.05, 0.1) is 11.8 Å². The Balaban J connectivity index is 1.73. The molecule has 5 nitrogen and oxygen atoms in total. The minimum atomic E-state index is 0.145. The van der Waals surface area contributed by atoms with E-state index >= 15 is 0 Å². The Morgan fingerprint density at radius 2 is 2.05 bits per heavy atom. The van der Waals surface area contributed by atoms with Gasteiger partial charge in [-0.15, -0.1) is 0 Å². The number of aromatic nitrogens is 1. The van der Waals surface area contributed by atoms with Gasteiger partial charge in [-0.1, -0.05) is 5.16 Å². The summed E-state index contributed by atoms with van der Waals surface area (Å²) in [7, 11) is 1.74. The third-order valence-electron chi connectivity index (χ3n) is 4.23. The number of aryl methyl sites for hydroxylation is 2. The minimum absolute atomic E-state index is 0.145. The predicted molar refractivity (Wildman–Crippen MR) is 75.4 cm³/mol. The van der Waals surface area contributed by atoms with Crippen molar-refractivity contribution < 1.29 is 14.1 Å². The maximum absolute atomic E-state index is 12.1. The Hall–Kier alpha value is -1.36. The number of amides is 1. The van der Waals surface area contributed by atoms with Crippen molar-refractivity contribution in [3.05, 3.63) is 17.0 Å². The van der Waals surface area contributed by atoms with Gasteiger partial charge in [-0.25, -0.2) is 0 Å². The molecule has 0 radical (unpaired) electrons. The SMILES string of the molecule is COC1CCC(C(=O)NCCc2c(C)noc2C)CC1. The zero-order chi connectivity index (χ0) is 14.5. The quantitative estimate of drug-likeness (QED) is 0.897. The van der Waals surface area contributed by atoms with E-state index in [0.717, 1.165) is 49.1 Å². The predicted octanol–water partition coefficient (Wildman–Crippen LogP) is 2.16. The van der Waals surface area contributed by atoms with Crippen LogP contribution in [0.5, 0.6) is 0 Å². The highest BCUT2D eigenvalue weighted by Gasteiger charge is 2.25. The summed E-state index contributed by atoms with van der Waals surface area (Å²) in [6.07, 6.45) is 4.93. The molecule has 0 atom stereocenters. The van der Waals surface area contributed by atoms with Crippen LogP contribution in [-0.4, -0.2) is 30.8 Å². The highest BCUT2D eigenvalue weighted by molar-refractivity contribution is 5.78. The van der Waals surface area contributed by atoms with Gasteiger partial charge in [0.2, 0.25) is 5.91 Å². The van der Waals surface area contributed by atoms with Crippen LogP contribution in [0.2, 0.25) is 0 Å². The molecular formula is C15H24N2O3. The second-order valence-corrected chi connectivity index (χ2v) is 5.55. The molecule has 2 rings (SSSR count). The van der Waals surface area contributed by atoms with Gasteiger partial charge in [0.15, 0.2) is 0 Å². The number of methoxy groups -OCH3 is 1. The second-order valence-electron chi connectivity index (χ2n) is 5.55. The van der Waals surface area contributed by atoms with Crippen molar-refractivity contribution in [3.63, 3.8) is 0 Å². The summed E-state index contributed by atoms with van der Waals surface area (Å²) in [6, 6.07) is 0. The van der Waals surface area contributed by atoms with E-state index < -0.39 is 0 Å². The molecule has 1 aliphatic carbocycles. The Labute approximate surface area is 120 Å². The number of hydrogen-bond acceptors (Lipinski definition) is 4. The topological polar surface area (TPSA) is 64.4 Å². The molecule has 0 spiro atoms. The van der Waals surface area contributed by atoms with Crippen molar-refractivity contribution >= 4 is 5.91 Å². The van der Waals surface area contributed by atoms with Gasteiger partial charge in [-0.3, -0.25) is 4.79 Å². The van der Waals surface area contributed by atoms with Gasteiger partial charge >= 0.3 is 0 Å². The van der Waals surface area contributed by atoms with Crippen molar-refractivity contribution in [1.82, 2.24) is 10.5 Å². The third kappa shape index (κ3) is 3.60. The maximum Gasteiger partial charge on any atom is 0.223 e. The molecule has 1 fully saturated rings. The molecule has 1 N–H and O–H groups in total. The fraction of sp³-hybridized carbons (Fsp3) is 0.733. The lowest BCUT2D eigenvalue weighted by molar-refractivity contribution is -0.126. The number of carbonyl (C=O) groups is 1. The molecule has 112 valence electrons. The summed E-state index contributed by atoms with van der Waals surface area (Å²) in [5.74, 6) is 1.16. The Kier molecular flexibility index (Phi) is 5.17. The van der Waals surface area contributed by atoms with Crippen molar-refractivity contribution in [2.75, 3.05) is 13.7 Å². The lowest BCUT2D eigenvalue weighted by Crippen LogP contribution is -2.35. The van der Waals surface area contributed by atoms with Gasteiger partial charge in [-0.2, -0.15) is 0 Å². The monoisotopic (exact) mass is 280 g/mol. The summed E-state index contributed by atoms with van der Waals surface area (Å²) < 4.78 is 10.4. The molecular weight excluding hydrogens is 256 g/mol. The van der Waals surface area contributed by atoms with Crippen LogP contribution in [0, 0.1) is 19.8 Å². The van der Waals surface area contributed by atoms with Crippen LogP contribution in [0.1, 0.15) is 42.7 Å². The zero-order valence-electron chi connectivity index (χ0n) is 12.6. The van der Waals surface area contributed by atoms with E-state index in [1.54, 1.807) is 7.11 Å². The van der Waals surface area contributed by atoms with E-state index in [9.17, 15) is 4.79 Å². The van der Waals surface area contributed by atoms with Gasteiger partial charge in [-0.05, 0) is 46.0 Å². The van der Waals surface area contributed by atoms with Gasteiger partial charge in [0, 0.05) is 25.1 Å². The first-order valence-corrected chi connectivity index (χ1v) is 7.34. The van der Waals surface area contributed by atoms with Gasteiger partial charge in [0.25, 0.3) is 0 Å². The Bertz CT molecular complexity index is 428. The number of carbonyl (C=O) groups excluding carboxylic acids is 1. The molecule has 1 aromatic rings. The molecule has 5 heteroatoms. The third-order valence-corrected chi connectivity index (χ3v) is 4.23. The average Bonchev–Trinajstić information content (AvgIpc) is 2.79. The molecule has 0 aliphatic heterocycles. The maximum atomic E-state index is 12.1. The van der Waals surface area contributed by atoms with Crippen LogP contribution in [0.4, 0.5) is 0 Å². The van der Waals surface area contributed by atoms with E-state index in [0.29, 0.717) is 12.6 Å². The largest absolute Gasteiger partial charge is 0.381 e. The highest BCUT2D eigenvalue weighted by atomic mass is 16.5. The first kappa shape index (κ1) is 15.0. The Morgan fingerprint density at radius 3 is 2.60 bits per heavy atom. The molecule has 0 bridgehead atoms. The number of ether oxygens (including phenoxy) is 1.